The zero-order valence-electron chi connectivity index (χ0n) is 17.0. The lowest BCUT2D eigenvalue weighted by Gasteiger charge is -2.23. The number of rotatable bonds is 7. The summed E-state index contributed by atoms with van der Waals surface area (Å²) in [6.07, 6.45) is 0. The molecule has 2 N–H and O–H groups in total. The maximum absolute atomic E-state index is 12.8. The molecule has 7 nitrogen and oxygen atoms in total. The van der Waals surface area contributed by atoms with E-state index in [4.69, 9.17) is 14.2 Å². The monoisotopic (exact) mass is 386 g/mol. The molecular weight excluding hydrogens is 360 g/mol. The molecule has 0 aliphatic rings. The van der Waals surface area contributed by atoms with Gasteiger partial charge in [0, 0.05) is 23.5 Å². The standard InChI is InChI=1S/C21H26N2O5/c1-13-8-7-9-14(10-13)22-19(24)21(2,3)20(25)23-15-11-16(26-4)18(28-6)17(12-15)27-5/h7-12H,1-6H3,(H,22,24)(H,23,25). The van der Waals surface area contributed by atoms with Gasteiger partial charge in [-0.25, -0.2) is 0 Å². The molecule has 0 atom stereocenters. The Bertz CT molecular complexity index is 852. The van der Waals surface area contributed by atoms with Crippen LogP contribution in [0.3, 0.4) is 0 Å². The van der Waals surface area contributed by atoms with Crippen molar-refractivity contribution < 1.29 is 23.8 Å². The fourth-order valence-corrected chi connectivity index (χ4v) is 2.55. The maximum Gasteiger partial charge on any atom is 0.239 e. The van der Waals surface area contributed by atoms with Gasteiger partial charge in [0.25, 0.3) is 0 Å². The molecule has 0 aliphatic heterocycles. The Balaban J connectivity index is 2.21. The van der Waals surface area contributed by atoms with Gasteiger partial charge in [-0.3, -0.25) is 9.59 Å². The van der Waals surface area contributed by atoms with Crippen LogP contribution >= 0.6 is 0 Å². The number of ether oxygens (including phenoxy) is 3. The SMILES string of the molecule is COc1cc(NC(=O)C(C)(C)C(=O)Nc2cccc(C)c2)cc(OC)c1OC. The highest BCUT2D eigenvalue weighted by Crippen LogP contribution is 2.40. The van der Waals surface area contributed by atoms with E-state index >= 15 is 0 Å². The van der Waals surface area contributed by atoms with Crippen LogP contribution in [0, 0.1) is 12.3 Å². The Labute approximate surface area is 165 Å². The molecule has 0 fully saturated rings. The van der Waals surface area contributed by atoms with Crippen LogP contribution in [0.5, 0.6) is 17.2 Å². The molecule has 7 heteroatoms. The number of carbonyl (C=O) groups excluding carboxylic acids is 2. The number of amides is 2. The molecule has 0 aliphatic carbocycles. The lowest BCUT2D eigenvalue weighted by atomic mass is 9.90. The molecule has 2 amide bonds. The smallest absolute Gasteiger partial charge is 0.239 e. The van der Waals surface area contributed by atoms with E-state index in [1.807, 2.05) is 25.1 Å². The second kappa shape index (κ2) is 8.65. The first-order valence-electron chi connectivity index (χ1n) is 8.72. The number of hydrogen-bond acceptors (Lipinski definition) is 5. The van der Waals surface area contributed by atoms with Crippen molar-refractivity contribution in [2.45, 2.75) is 20.8 Å². The topological polar surface area (TPSA) is 85.9 Å². The first-order chi connectivity index (χ1) is 13.2. The quantitative estimate of drug-likeness (QED) is 0.710. The van der Waals surface area contributed by atoms with Gasteiger partial charge in [-0.15, -0.1) is 0 Å². The van der Waals surface area contributed by atoms with Crippen molar-refractivity contribution in [3.05, 3.63) is 42.0 Å². The number of hydrogen-bond donors (Lipinski definition) is 2. The molecule has 0 saturated carbocycles. The van der Waals surface area contributed by atoms with Crippen LogP contribution < -0.4 is 24.8 Å². The molecule has 2 aromatic rings. The summed E-state index contributed by atoms with van der Waals surface area (Å²) in [5.74, 6) is 0.341. The van der Waals surface area contributed by atoms with Crippen molar-refractivity contribution in [1.29, 1.82) is 0 Å². The predicted molar refractivity (Wildman–Crippen MR) is 108 cm³/mol. The van der Waals surface area contributed by atoms with Crippen molar-refractivity contribution in [3.8, 4) is 17.2 Å². The summed E-state index contributed by atoms with van der Waals surface area (Å²) >= 11 is 0. The Kier molecular flexibility index (Phi) is 6.51. The van der Waals surface area contributed by atoms with Crippen molar-refractivity contribution in [2.75, 3.05) is 32.0 Å². The summed E-state index contributed by atoms with van der Waals surface area (Å²) in [5, 5.41) is 5.53. The first kappa shape index (κ1) is 21.1. The van der Waals surface area contributed by atoms with Crippen LogP contribution in [0.2, 0.25) is 0 Å². The summed E-state index contributed by atoms with van der Waals surface area (Å²) in [5.41, 5.74) is 0.761. The maximum atomic E-state index is 12.8. The van der Waals surface area contributed by atoms with Crippen LogP contribution in [0.25, 0.3) is 0 Å². The number of methoxy groups -OCH3 is 3. The fourth-order valence-electron chi connectivity index (χ4n) is 2.55. The molecule has 28 heavy (non-hydrogen) atoms. The van der Waals surface area contributed by atoms with Crippen LogP contribution in [0.4, 0.5) is 11.4 Å². The van der Waals surface area contributed by atoms with E-state index in [1.165, 1.54) is 21.3 Å². The Morgan fingerprint density at radius 2 is 1.36 bits per heavy atom. The molecule has 150 valence electrons. The highest BCUT2D eigenvalue weighted by molar-refractivity contribution is 6.14. The van der Waals surface area contributed by atoms with Gasteiger partial charge in [0.15, 0.2) is 11.5 Å². The zero-order chi connectivity index (χ0) is 20.9. The van der Waals surface area contributed by atoms with Gasteiger partial charge in [0.05, 0.1) is 21.3 Å². The largest absolute Gasteiger partial charge is 0.493 e. The lowest BCUT2D eigenvalue weighted by molar-refractivity contribution is -0.135. The number of benzene rings is 2. The van der Waals surface area contributed by atoms with Crippen LogP contribution in [0.15, 0.2) is 36.4 Å². The molecule has 0 spiro atoms. The van der Waals surface area contributed by atoms with Crippen molar-refractivity contribution >= 4 is 23.2 Å². The number of anilines is 2. The second-order valence-corrected chi connectivity index (χ2v) is 6.82. The average Bonchev–Trinajstić information content (AvgIpc) is 2.66. The minimum Gasteiger partial charge on any atom is -0.493 e. The van der Waals surface area contributed by atoms with Crippen molar-refractivity contribution in [1.82, 2.24) is 0 Å². The lowest BCUT2D eigenvalue weighted by Crippen LogP contribution is -2.41. The third-order valence-electron chi connectivity index (χ3n) is 4.33. The second-order valence-electron chi connectivity index (χ2n) is 6.82. The molecule has 0 unspecified atom stereocenters. The summed E-state index contributed by atoms with van der Waals surface area (Å²) < 4.78 is 15.9. The summed E-state index contributed by atoms with van der Waals surface area (Å²) in [6, 6.07) is 10.6. The van der Waals surface area contributed by atoms with E-state index in [1.54, 1.807) is 32.0 Å². The van der Waals surface area contributed by atoms with Gasteiger partial charge in [-0.2, -0.15) is 0 Å². The average molecular weight is 386 g/mol. The van der Waals surface area contributed by atoms with Gasteiger partial charge < -0.3 is 24.8 Å². The molecule has 0 heterocycles. The summed E-state index contributed by atoms with van der Waals surface area (Å²) in [4.78, 5) is 25.5. The van der Waals surface area contributed by atoms with E-state index in [-0.39, 0.29) is 0 Å². The molecule has 0 aromatic heterocycles. The van der Waals surface area contributed by atoms with Crippen molar-refractivity contribution in [2.24, 2.45) is 5.41 Å². The van der Waals surface area contributed by atoms with Gasteiger partial charge >= 0.3 is 0 Å². The summed E-state index contributed by atoms with van der Waals surface area (Å²) in [6.45, 7) is 5.05. The van der Waals surface area contributed by atoms with Gasteiger partial charge in [-0.05, 0) is 38.5 Å². The van der Waals surface area contributed by atoms with E-state index in [0.717, 1.165) is 5.56 Å². The fraction of sp³-hybridized carbons (Fsp3) is 0.333. The normalized spacial score (nSPS) is 10.8. The molecule has 2 rings (SSSR count). The minimum atomic E-state index is -1.32. The van der Waals surface area contributed by atoms with Crippen LogP contribution in [0.1, 0.15) is 19.4 Å². The Morgan fingerprint density at radius 3 is 1.82 bits per heavy atom. The third kappa shape index (κ3) is 4.54. The van der Waals surface area contributed by atoms with Crippen LogP contribution in [-0.2, 0) is 9.59 Å². The minimum absolute atomic E-state index is 0.402. The highest BCUT2D eigenvalue weighted by Gasteiger charge is 2.36. The van der Waals surface area contributed by atoms with E-state index in [9.17, 15) is 9.59 Å². The number of nitrogens with one attached hydrogen (secondary N) is 2. The molecule has 2 aromatic carbocycles. The van der Waals surface area contributed by atoms with E-state index in [2.05, 4.69) is 10.6 Å². The van der Waals surface area contributed by atoms with Gasteiger partial charge in [0.2, 0.25) is 17.6 Å². The molecule has 0 bridgehead atoms. The first-order valence-corrected chi connectivity index (χ1v) is 8.72. The summed E-state index contributed by atoms with van der Waals surface area (Å²) in [7, 11) is 4.47. The molecular formula is C21H26N2O5. The number of aryl methyl sites for hydroxylation is 1. The highest BCUT2D eigenvalue weighted by atomic mass is 16.5. The third-order valence-corrected chi connectivity index (χ3v) is 4.33. The van der Waals surface area contributed by atoms with Gasteiger partial charge in [-0.1, -0.05) is 12.1 Å². The molecule has 0 saturated heterocycles. The van der Waals surface area contributed by atoms with E-state index < -0.39 is 17.2 Å². The number of carbonyl (C=O) groups is 2. The zero-order valence-corrected chi connectivity index (χ0v) is 17.0. The Hall–Kier alpha value is -3.22. The van der Waals surface area contributed by atoms with Crippen molar-refractivity contribution in [3.63, 3.8) is 0 Å². The van der Waals surface area contributed by atoms with Crippen LogP contribution in [-0.4, -0.2) is 33.1 Å². The Morgan fingerprint density at radius 1 is 0.821 bits per heavy atom. The van der Waals surface area contributed by atoms with E-state index in [0.29, 0.717) is 28.6 Å². The van der Waals surface area contributed by atoms with Gasteiger partial charge in [0.1, 0.15) is 5.41 Å². The molecule has 0 radical (unpaired) electrons. The predicted octanol–water partition coefficient (Wildman–Crippen LogP) is 3.62.